The van der Waals surface area contributed by atoms with Gasteiger partial charge in [0, 0.05) is 0 Å². The maximum Gasteiger partial charge on any atom is 0.225 e. The monoisotopic (exact) mass is 368 g/mol. The van der Waals surface area contributed by atoms with E-state index in [-0.39, 0.29) is 18.8 Å². The Morgan fingerprint density at radius 3 is 2.67 bits per heavy atom. The van der Waals surface area contributed by atoms with Gasteiger partial charge in [0.05, 0.1) is 13.0 Å². The molecule has 8 heteroatoms. The summed E-state index contributed by atoms with van der Waals surface area (Å²) >= 11 is 0. The molecule has 138 valence electrons. The topological polar surface area (TPSA) is 92.3 Å². The zero-order chi connectivity index (χ0) is 18.8. The summed E-state index contributed by atoms with van der Waals surface area (Å²) in [6.07, 6.45) is -0.567. The highest BCUT2D eigenvalue weighted by molar-refractivity contribution is 5.75. The molecule has 1 atom stereocenters. The zero-order valence-electron chi connectivity index (χ0n) is 14.3. The van der Waals surface area contributed by atoms with Crippen LogP contribution in [-0.2, 0) is 17.8 Å². The lowest BCUT2D eigenvalue weighted by Crippen LogP contribution is -2.25. The number of nitrogens with zero attached hydrogens (tertiary/aromatic N) is 3. The lowest BCUT2D eigenvalue weighted by atomic mass is 10.2. The molecule has 0 aliphatic carbocycles. The number of hydrogen-bond donors (Lipinski definition) is 1. The Bertz CT molecular complexity index is 971. The van der Waals surface area contributed by atoms with E-state index >= 15 is 0 Å². The van der Waals surface area contributed by atoms with Gasteiger partial charge in [-0.3, -0.25) is 4.79 Å². The minimum absolute atomic E-state index is 0.0758. The number of carbonyl (C=O) groups is 1. The Balaban J connectivity index is 1.65. The molecule has 3 aromatic rings. The molecule has 7 nitrogen and oxygen atoms in total. The molecule has 0 spiro atoms. The van der Waals surface area contributed by atoms with Crippen molar-refractivity contribution >= 4 is 5.91 Å². The Morgan fingerprint density at radius 1 is 1.19 bits per heavy atom. The van der Waals surface area contributed by atoms with E-state index in [0.29, 0.717) is 29.7 Å². The molecular formula is C19H17FN4O3. The maximum atomic E-state index is 13.2. The van der Waals surface area contributed by atoms with Crippen LogP contribution in [0.1, 0.15) is 23.3 Å². The minimum atomic E-state index is -0.522. The van der Waals surface area contributed by atoms with Crippen LogP contribution in [0, 0.1) is 5.82 Å². The Morgan fingerprint density at radius 2 is 1.93 bits per heavy atom. The highest BCUT2D eigenvalue weighted by atomic mass is 19.1. The fraction of sp³-hybridized carbons (Fsp3) is 0.211. The largest absolute Gasteiger partial charge is 0.485 e. The normalized spacial score (nSPS) is 15.5. The maximum absolute atomic E-state index is 13.2. The van der Waals surface area contributed by atoms with Crippen LogP contribution in [0.15, 0.2) is 48.5 Å². The van der Waals surface area contributed by atoms with Gasteiger partial charge in [-0.15, -0.1) is 0 Å². The highest BCUT2D eigenvalue weighted by Crippen LogP contribution is 2.35. The average molecular weight is 368 g/mol. The van der Waals surface area contributed by atoms with Gasteiger partial charge in [0.1, 0.15) is 12.4 Å². The van der Waals surface area contributed by atoms with E-state index in [1.807, 2.05) is 24.3 Å². The van der Waals surface area contributed by atoms with Crippen LogP contribution in [0.5, 0.6) is 11.5 Å². The molecular weight excluding hydrogens is 351 g/mol. The molecule has 2 aromatic carbocycles. The lowest BCUT2D eigenvalue weighted by molar-refractivity contribution is -0.117. The molecule has 2 heterocycles. The molecule has 1 aromatic heterocycles. The second kappa shape index (κ2) is 7.06. The van der Waals surface area contributed by atoms with Crippen LogP contribution in [0.3, 0.4) is 0 Å². The van der Waals surface area contributed by atoms with Crippen LogP contribution < -0.4 is 15.2 Å². The SMILES string of the molecule is NC(=O)Cc1nc([C@@H]2COc3ccccc3O2)n(Cc2ccc(F)cc2)n1. The van der Waals surface area contributed by atoms with Crippen molar-refractivity contribution in [3.63, 3.8) is 0 Å². The third kappa shape index (κ3) is 3.74. The molecule has 1 aliphatic rings. The zero-order valence-corrected chi connectivity index (χ0v) is 14.3. The number of halogens is 1. The van der Waals surface area contributed by atoms with Crippen molar-refractivity contribution in [3.8, 4) is 11.5 Å². The van der Waals surface area contributed by atoms with E-state index in [0.717, 1.165) is 5.56 Å². The molecule has 27 heavy (non-hydrogen) atoms. The van der Waals surface area contributed by atoms with Gasteiger partial charge in [0.2, 0.25) is 5.91 Å². The van der Waals surface area contributed by atoms with Crippen molar-refractivity contribution < 1.29 is 18.7 Å². The highest BCUT2D eigenvalue weighted by Gasteiger charge is 2.28. The number of amides is 1. The summed E-state index contributed by atoms with van der Waals surface area (Å²) in [6, 6.07) is 13.5. The number of aromatic nitrogens is 3. The quantitative estimate of drug-likeness (QED) is 0.744. The van der Waals surface area contributed by atoms with Gasteiger partial charge in [0.15, 0.2) is 29.3 Å². The predicted molar refractivity (Wildman–Crippen MR) is 93.7 cm³/mol. The summed E-state index contributed by atoms with van der Waals surface area (Å²) in [5.74, 6) is 1.27. The van der Waals surface area contributed by atoms with Gasteiger partial charge >= 0.3 is 0 Å². The van der Waals surface area contributed by atoms with Gasteiger partial charge in [-0.2, -0.15) is 5.10 Å². The van der Waals surface area contributed by atoms with E-state index in [1.54, 1.807) is 16.8 Å². The molecule has 4 rings (SSSR count). The van der Waals surface area contributed by atoms with Crippen LogP contribution in [0.25, 0.3) is 0 Å². The standard InChI is InChI=1S/C19H17FN4O3/c20-13-7-5-12(6-8-13)10-24-19(22-18(23-24)9-17(21)25)16-11-26-14-3-1-2-4-15(14)27-16/h1-8,16H,9-11H2,(H2,21,25)/t16-/m0/s1. The van der Waals surface area contributed by atoms with Crippen molar-refractivity contribution in [3.05, 3.63) is 71.6 Å². The molecule has 1 aliphatic heterocycles. The fourth-order valence-corrected chi connectivity index (χ4v) is 2.90. The van der Waals surface area contributed by atoms with Gasteiger partial charge in [-0.05, 0) is 29.8 Å². The van der Waals surface area contributed by atoms with Crippen molar-refractivity contribution in [2.75, 3.05) is 6.61 Å². The van der Waals surface area contributed by atoms with Crippen LogP contribution in [0.2, 0.25) is 0 Å². The molecule has 2 N–H and O–H groups in total. The second-order valence-corrected chi connectivity index (χ2v) is 6.18. The number of hydrogen-bond acceptors (Lipinski definition) is 5. The van der Waals surface area contributed by atoms with Crippen molar-refractivity contribution in [2.45, 2.75) is 19.1 Å². The van der Waals surface area contributed by atoms with Gasteiger partial charge in [-0.1, -0.05) is 24.3 Å². The minimum Gasteiger partial charge on any atom is -0.485 e. The first-order valence-corrected chi connectivity index (χ1v) is 8.43. The predicted octanol–water partition coefficient (Wildman–Crippen LogP) is 2.01. The smallest absolute Gasteiger partial charge is 0.225 e. The first-order valence-electron chi connectivity index (χ1n) is 8.43. The summed E-state index contributed by atoms with van der Waals surface area (Å²) in [6.45, 7) is 0.609. The van der Waals surface area contributed by atoms with Crippen LogP contribution in [0.4, 0.5) is 4.39 Å². The van der Waals surface area contributed by atoms with E-state index in [9.17, 15) is 9.18 Å². The number of para-hydroxylation sites is 2. The van der Waals surface area contributed by atoms with Crippen molar-refractivity contribution in [1.82, 2.24) is 14.8 Å². The second-order valence-electron chi connectivity index (χ2n) is 6.18. The van der Waals surface area contributed by atoms with Gasteiger partial charge < -0.3 is 15.2 Å². The first-order chi connectivity index (χ1) is 13.1. The Kier molecular flexibility index (Phi) is 4.45. The molecule has 0 unspecified atom stereocenters. The van der Waals surface area contributed by atoms with Crippen molar-refractivity contribution in [1.29, 1.82) is 0 Å². The molecule has 0 fully saturated rings. The summed E-state index contributed by atoms with van der Waals surface area (Å²) in [7, 11) is 0. The lowest BCUT2D eigenvalue weighted by Gasteiger charge is -2.26. The molecule has 0 saturated carbocycles. The van der Waals surface area contributed by atoms with Crippen molar-refractivity contribution in [2.24, 2.45) is 5.73 Å². The number of carbonyl (C=O) groups excluding carboxylic acids is 1. The summed E-state index contributed by atoms with van der Waals surface area (Å²) in [5, 5.41) is 4.37. The summed E-state index contributed by atoms with van der Waals surface area (Å²) in [4.78, 5) is 15.7. The Hall–Kier alpha value is -3.42. The molecule has 0 bridgehead atoms. The number of rotatable bonds is 5. The molecule has 1 amide bonds. The Labute approximate surface area is 154 Å². The van der Waals surface area contributed by atoms with E-state index in [2.05, 4.69) is 10.1 Å². The van der Waals surface area contributed by atoms with Gasteiger partial charge in [-0.25, -0.2) is 14.1 Å². The van der Waals surface area contributed by atoms with Crippen LogP contribution in [-0.4, -0.2) is 27.3 Å². The van der Waals surface area contributed by atoms with E-state index in [4.69, 9.17) is 15.2 Å². The molecule has 0 saturated heterocycles. The number of fused-ring (bicyclic) bond motifs is 1. The number of benzene rings is 2. The molecule has 0 radical (unpaired) electrons. The van der Waals surface area contributed by atoms with Crippen LogP contribution >= 0.6 is 0 Å². The van der Waals surface area contributed by atoms with Gasteiger partial charge in [0.25, 0.3) is 0 Å². The third-order valence-electron chi connectivity index (χ3n) is 4.12. The summed E-state index contributed by atoms with van der Waals surface area (Å²) < 4.78 is 26.6. The number of ether oxygens (including phenoxy) is 2. The average Bonchev–Trinajstić information content (AvgIpc) is 3.04. The first kappa shape index (κ1) is 17.0. The fourth-order valence-electron chi connectivity index (χ4n) is 2.90. The third-order valence-corrected chi connectivity index (χ3v) is 4.12. The number of nitrogens with two attached hydrogens (primary N) is 1. The van der Waals surface area contributed by atoms with E-state index in [1.165, 1.54) is 12.1 Å². The number of primary amides is 1. The van der Waals surface area contributed by atoms with E-state index < -0.39 is 12.0 Å². The summed E-state index contributed by atoms with van der Waals surface area (Å²) in [5.41, 5.74) is 6.11.